The average Bonchev–Trinajstić information content (AvgIpc) is 3.27. The van der Waals surface area contributed by atoms with Gasteiger partial charge in [-0.1, -0.05) is 48.6 Å². The first-order chi connectivity index (χ1) is 17.0. The van der Waals surface area contributed by atoms with Crippen molar-refractivity contribution in [2.24, 2.45) is 0 Å². The molecule has 0 saturated carbocycles. The van der Waals surface area contributed by atoms with Crippen molar-refractivity contribution in [3.8, 4) is 5.75 Å². The second-order valence-electron chi connectivity index (χ2n) is 7.96. The molecule has 176 valence electrons. The summed E-state index contributed by atoms with van der Waals surface area (Å²) in [7, 11) is 0. The fourth-order valence-electron chi connectivity index (χ4n) is 3.99. The number of para-hydroxylation sites is 2. The number of amides is 3. The van der Waals surface area contributed by atoms with Crippen molar-refractivity contribution >= 4 is 55.8 Å². The Bertz CT molecular complexity index is 1420. The molecule has 0 bridgehead atoms. The number of thiazole rings is 1. The second-order valence-corrected chi connectivity index (χ2v) is 8.99. The Hall–Kier alpha value is -4.24. The van der Waals surface area contributed by atoms with E-state index >= 15 is 0 Å². The van der Waals surface area contributed by atoms with Crippen LogP contribution in [0.15, 0.2) is 72.8 Å². The summed E-state index contributed by atoms with van der Waals surface area (Å²) < 4.78 is 6.32. The third-order valence-corrected chi connectivity index (χ3v) is 6.59. The summed E-state index contributed by atoms with van der Waals surface area (Å²) in [5, 5.41) is 6.22. The van der Waals surface area contributed by atoms with Gasteiger partial charge in [0.1, 0.15) is 11.8 Å². The minimum atomic E-state index is -0.689. The van der Waals surface area contributed by atoms with E-state index in [1.54, 1.807) is 48.5 Å². The number of fused-ring (bicyclic) bond motifs is 2. The Morgan fingerprint density at radius 1 is 1.06 bits per heavy atom. The van der Waals surface area contributed by atoms with Gasteiger partial charge in [-0.15, -0.1) is 0 Å². The number of ether oxygens (including phenoxy) is 1. The van der Waals surface area contributed by atoms with Gasteiger partial charge in [0.05, 0.1) is 15.9 Å². The van der Waals surface area contributed by atoms with E-state index in [0.717, 1.165) is 4.70 Å². The van der Waals surface area contributed by atoms with Gasteiger partial charge >= 0.3 is 0 Å². The summed E-state index contributed by atoms with van der Waals surface area (Å²) >= 11 is 1.32. The van der Waals surface area contributed by atoms with Crippen LogP contribution in [0.25, 0.3) is 10.2 Å². The Morgan fingerprint density at radius 3 is 2.63 bits per heavy atom. The lowest BCUT2D eigenvalue weighted by Crippen LogP contribution is -2.50. The molecule has 0 saturated heterocycles. The van der Waals surface area contributed by atoms with Crippen LogP contribution in [0.1, 0.15) is 23.7 Å². The van der Waals surface area contributed by atoms with Crippen LogP contribution in [-0.2, 0) is 9.59 Å². The number of nitrogens with one attached hydrogen (secondary N) is 2. The highest BCUT2D eigenvalue weighted by atomic mass is 32.1. The molecule has 0 aliphatic carbocycles. The minimum absolute atomic E-state index is 0.106. The Labute approximate surface area is 205 Å². The minimum Gasteiger partial charge on any atom is -0.482 e. The summed E-state index contributed by atoms with van der Waals surface area (Å²) in [6, 6.07) is 20.8. The molecule has 0 spiro atoms. The predicted molar refractivity (Wildman–Crippen MR) is 136 cm³/mol. The fourth-order valence-corrected chi connectivity index (χ4v) is 4.89. The van der Waals surface area contributed by atoms with E-state index in [1.807, 2.05) is 31.2 Å². The van der Waals surface area contributed by atoms with Gasteiger partial charge in [0, 0.05) is 11.3 Å². The van der Waals surface area contributed by atoms with Crippen LogP contribution < -0.4 is 20.3 Å². The number of rotatable bonds is 6. The van der Waals surface area contributed by atoms with Gasteiger partial charge in [-0.3, -0.25) is 24.6 Å². The second kappa shape index (κ2) is 9.55. The molecule has 0 radical (unpaired) electrons. The van der Waals surface area contributed by atoms with Crippen molar-refractivity contribution in [1.82, 2.24) is 4.98 Å². The smallest absolute Gasteiger partial charge is 0.265 e. The topological polar surface area (TPSA) is 101 Å². The van der Waals surface area contributed by atoms with Gasteiger partial charge in [-0.25, -0.2) is 4.98 Å². The third kappa shape index (κ3) is 4.58. The number of carbonyl (C=O) groups is 3. The zero-order chi connectivity index (χ0) is 24.4. The molecule has 9 heteroatoms. The predicted octanol–water partition coefficient (Wildman–Crippen LogP) is 4.69. The Balaban J connectivity index is 1.34. The Morgan fingerprint density at radius 2 is 1.83 bits per heavy atom. The van der Waals surface area contributed by atoms with Crippen LogP contribution in [-0.4, -0.2) is 35.4 Å². The molecule has 8 nitrogen and oxygen atoms in total. The zero-order valence-electron chi connectivity index (χ0n) is 18.9. The van der Waals surface area contributed by atoms with Crippen molar-refractivity contribution in [2.45, 2.75) is 19.4 Å². The van der Waals surface area contributed by atoms with E-state index in [2.05, 4.69) is 15.6 Å². The summed E-state index contributed by atoms with van der Waals surface area (Å²) in [4.78, 5) is 44.3. The van der Waals surface area contributed by atoms with Gasteiger partial charge in [0.25, 0.3) is 11.8 Å². The van der Waals surface area contributed by atoms with Crippen LogP contribution in [0.2, 0.25) is 0 Å². The quantitative estimate of drug-likeness (QED) is 0.412. The van der Waals surface area contributed by atoms with E-state index in [9.17, 15) is 14.4 Å². The highest BCUT2D eigenvalue weighted by molar-refractivity contribution is 7.22. The standard InChI is InChI=1S/C26H22N4O4S/c1-2-19(30-20-10-6-7-11-21(20)34-15-23(30)31)25(33)27-17-12-13-18-22(14-17)35-26(28-18)29-24(32)16-8-4-3-5-9-16/h3-14,19H,2,15H2,1H3,(H,27,33)(H,28,29,32). The molecule has 1 aliphatic heterocycles. The summed E-state index contributed by atoms with van der Waals surface area (Å²) in [5.41, 5.74) is 2.42. The Kier molecular flexibility index (Phi) is 6.15. The molecule has 2 heterocycles. The van der Waals surface area contributed by atoms with E-state index < -0.39 is 6.04 Å². The van der Waals surface area contributed by atoms with Crippen molar-refractivity contribution < 1.29 is 19.1 Å². The van der Waals surface area contributed by atoms with Crippen molar-refractivity contribution in [3.63, 3.8) is 0 Å². The normalized spacial score (nSPS) is 13.6. The molecule has 1 unspecified atom stereocenters. The summed E-state index contributed by atoms with van der Waals surface area (Å²) in [5.74, 6) is -0.213. The SMILES string of the molecule is CCC(C(=O)Nc1ccc2nc(NC(=O)c3ccccc3)sc2c1)N1C(=O)COc2ccccc21. The maximum atomic E-state index is 13.2. The van der Waals surface area contributed by atoms with Crippen LogP contribution in [0.4, 0.5) is 16.5 Å². The number of hydrogen-bond donors (Lipinski definition) is 2. The third-order valence-electron chi connectivity index (χ3n) is 5.66. The average molecular weight is 487 g/mol. The lowest BCUT2D eigenvalue weighted by atomic mass is 10.1. The number of anilines is 3. The first-order valence-electron chi connectivity index (χ1n) is 11.1. The molecule has 5 rings (SSSR count). The van der Waals surface area contributed by atoms with Gasteiger partial charge in [0.2, 0.25) is 5.91 Å². The first kappa shape index (κ1) is 22.5. The number of aromatic nitrogens is 1. The highest BCUT2D eigenvalue weighted by Crippen LogP contribution is 2.34. The van der Waals surface area contributed by atoms with Gasteiger partial charge in [-0.2, -0.15) is 0 Å². The number of nitrogens with zero attached hydrogens (tertiary/aromatic N) is 2. The fraction of sp³-hybridized carbons (Fsp3) is 0.154. The largest absolute Gasteiger partial charge is 0.482 e. The van der Waals surface area contributed by atoms with E-state index in [1.165, 1.54) is 16.2 Å². The highest BCUT2D eigenvalue weighted by Gasteiger charge is 2.34. The molecule has 4 aromatic rings. The monoisotopic (exact) mass is 486 g/mol. The molecule has 2 N–H and O–H groups in total. The maximum absolute atomic E-state index is 13.2. The van der Waals surface area contributed by atoms with Crippen LogP contribution in [0.3, 0.4) is 0 Å². The molecule has 0 fully saturated rings. The molecule has 35 heavy (non-hydrogen) atoms. The first-order valence-corrected chi connectivity index (χ1v) is 12.0. The van der Waals surface area contributed by atoms with Gasteiger partial charge < -0.3 is 10.1 Å². The van der Waals surface area contributed by atoms with Crippen molar-refractivity contribution in [2.75, 3.05) is 22.1 Å². The van der Waals surface area contributed by atoms with Crippen LogP contribution >= 0.6 is 11.3 Å². The van der Waals surface area contributed by atoms with Crippen molar-refractivity contribution in [1.29, 1.82) is 0 Å². The zero-order valence-corrected chi connectivity index (χ0v) is 19.7. The van der Waals surface area contributed by atoms with Gasteiger partial charge in [-0.05, 0) is 48.9 Å². The van der Waals surface area contributed by atoms with Gasteiger partial charge in [0.15, 0.2) is 11.7 Å². The van der Waals surface area contributed by atoms with Crippen LogP contribution in [0.5, 0.6) is 5.75 Å². The van der Waals surface area contributed by atoms with Crippen LogP contribution in [0, 0.1) is 0 Å². The van der Waals surface area contributed by atoms with E-state index in [0.29, 0.717) is 39.8 Å². The van der Waals surface area contributed by atoms with E-state index in [4.69, 9.17) is 4.74 Å². The molecule has 1 aromatic heterocycles. The number of carbonyl (C=O) groups excluding carboxylic acids is 3. The maximum Gasteiger partial charge on any atom is 0.265 e. The number of benzene rings is 3. The number of hydrogen-bond acceptors (Lipinski definition) is 6. The lowest BCUT2D eigenvalue weighted by Gasteiger charge is -2.34. The summed E-state index contributed by atoms with van der Waals surface area (Å²) in [6.07, 6.45) is 0.435. The summed E-state index contributed by atoms with van der Waals surface area (Å²) in [6.45, 7) is 1.76. The lowest BCUT2D eigenvalue weighted by molar-refractivity contribution is -0.125. The van der Waals surface area contributed by atoms with E-state index in [-0.39, 0.29) is 24.3 Å². The molecule has 1 aliphatic rings. The van der Waals surface area contributed by atoms with Crippen molar-refractivity contribution in [3.05, 3.63) is 78.4 Å². The molecule has 3 aromatic carbocycles. The molecule has 1 atom stereocenters. The molecular formula is C26H22N4O4S. The molecule has 3 amide bonds. The molecular weight excluding hydrogens is 464 g/mol.